The van der Waals surface area contributed by atoms with Crippen LogP contribution in [0.2, 0.25) is 0 Å². The molecule has 0 fully saturated rings. The minimum Gasteiger partial charge on any atom is -0.324 e. The van der Waals surface area contributed by atoms with Crippen LogP contribution in [0.15, 0.2) is 0 Å². The molecular formula is C8H20N2O2S. The predicted octanol–water partition coefficient (Wildman–Crippen LogP) is 0.442. The summed E-state index contributed by atoms with van der Waals surface area (Å²) in [5.41, 5.74) is 5.14. The minimum absolute atomic E-state index is 0.257. The Morgan fingerprint density at radius 2 is 1.54 bits per heavy atom. The van der Waals surface area contributed by atoms with Crippen LogP contribution in [-0.4, -0.2) is 25.2 Å². The largest absolute Gasteiger partial charge is 0.324 e. The molecule has 5 heteroatoms. The highest BCUT2D eigenvalue weighted by Gasteiger charge is 2.29. The van der Waals surface area contributed by atoms with Crippen LogP contribution in [0.4, 0.5) is 0 Å². The Hall–Kier alpha value is -0.130. The van der Waals surface area contributed by atoms with Crippen molar-refractivity contribution in [3.8, 4) is 0 Å². The standard InChI is InChI=1S/C8H20N2O2S/c1-7(2,3)13(11,12)10-6-8(4,5)9/h10H,6,9H2,1-5H3. The molecule has 0 aromatic carbocycles. The van der Waals surface area contributed by atoms with Gasteiger partial charge in [-0.1, -0.05) is 0 Å². The van der Waals surface area contributed by atoms with Gasteiger partial charge in [-0.15, -0.1) is 0 Å². The quantitative estimate of drug-likeness (QED) is 0.707. The second-order valence-corrected chi connectivity index (χ2v) is 7.45. The third-order valence-corrected chi connectivity index (χ3v) is 3.66. The van der Waals surface area contributed by atoms with E-state index < -0.39 is 20.3 Å². The molecule has 0 aliphatic rings. The first kappa shape index (κ1) is 12.9. The number of hydrogen-bond donors (Lipinski definition) is 2. The summed E-state index contributed by atoms with van der Waals surface area (Å²) in [4.78, 5) is 0. The lowest BCUT2D eigenvalue weighted by atomic mass is 10.1. The summed E-state index contributed by atoms with van der Waals surface area (Å²) in [5, 5.41) is 0. The molecule has 0 bridgehead atoms. The monoisotopic (exact) mass is 208 g/mol. The van der Waals surface area contributed by atoms with Gasteiger partial charge in [0.2, 0.25) is 10.0 Å². The second-order valence-electron chi connectivity index (χ2n) is 4.93. The summed E-state index contributed by atoms with van der Waals surface area (Å²) in [6.45, 7) is 8.76. The van der Waals surface area contributed by atoms with Crippen molar-refractivity contribution in [1.82, 2.24) is 4.72 Å². The van der Waals surface area contributed by atoms with Crippen molar-refractivity contribution in [2.45, 2.75) is 44.9 Å². The number of rotatable bonds is 3. The van der Waals surface area contributed by atoms with Crippen molar-refractivity contribution in [1.29, 1.82) is 0 Å². The number of nitrogens with two attached hydrogens (primary N) is 1. The van der Waals surface area contributed by atoms with Gasteiger partial charge in [-0.05, 0) is 34.6 Å². The highest BCUT2D eigenvalue weighted by atomic mass is 32.2. The summed E-state index contributed by atoms with van der Waals surface area (Å²) in [6.07, 6.45) is 0. The maximum atomic E-state index is 11.5. The molecule has 0 aromatic rings. The maximum Gasteiger partial charge on any atom is 0.216 e. The molecule has 13 heavy (non-hydrogen) atoms. The van der Waals surface area contributed by atoms with Crippen LogP contribution in [-0.2, 0) is 10.0 Å². The predicted molar refractivity (Wildman–Crippen MR) is 54.9 cm³/mol. The fourth-order valence-electron chi connectivity index (χ4n) is 0.498. The van der Waals surface area contributed by atoms with E-state index in [-0.39, 0.29) is 6.54 Å². The molecule has 0 radical (unpaired) electrons. The molecule has 0 heterocycles. The second kappa shape index (κ2) is 3.55. The Kier molecular flexibility index (Phi) is 3.52. The Morgan fingerprint density at radius 3 is 1.77 bits per heavy atom. The van der Waals surface area contributed by atoms with E-state index in [9.17, 15) is 8.42 Å². The molecule has 0 aliphatic heterocycles. The van der Waals surface area contributed by atoms with Crippen LogP contribution < -0.4 is 10.5 Å². The molecule has 0 saturated carbocycles. The normalized spacial score (nSPS) is 14.6. The summed E-state index contributed by atoms with van der Waals surface area (Å²) in [6, 6.07) is 0. The van der Waals surface area contributed by atoms with Crippen molar-refractivity contribution >= 4 is 10.0 Å². The number of sulfonamides is 1. The molecular weight excluding hydrogens is 188 g/mol. The highest BCUT2D eigenvalue weighted by molar-refractivity contribution is 7.90. The topological polar surface area (TPSA) is 72.2 Å². The zero-order valence-electron chi connectivity index (χ0n) is 9.01. The van der Waals surface area contributed by atoms with Crippen molar-refractivity contribution < 1.29 is 8.42 Å². The SMILES string of the molecule is CC(C)(N)CNS(=O)(=O)C(C)(C)C. The summed E-state index contributed by atoms with van der Waals surface area (Å²) < 4.78 is 24.8. The van der Waals surface area contributed by atoms with Crippen LogP contribution in [0.5, 0.6) is 0 Å². The molecule has 3 N–H and O–H groups in total. The zero-order valence-corrected chi connectivity index (χ0v) is 9.83. The molecule has 0 saturated heterocycles. The van der Waals surface area contributed by atoms with E-state index in [1.165, 1.54) is 0 Å². The first-order valence-electron chi connectivity index (χ1n) is 4.24. The van der Waals surface area contributed by atoms with Gasteiger partial charge in [-0.25, -0.2) is 13.1 Å². The molecule has 0 aromatic heterocycles. The Labute approximate surface area is 80.9 Å². The van der Waals surface area contributed by atoms with Gasteiger partial charge < -0.3 is 5.73 Å². The van der Waals surface area contributed by atoms with E-state index in [0.29, 0.717) is 0 Å². The lowest BCUT2D eigenvalue weighted by molar-refractivity contribution is 0.486. The van der Waals surface area contributed by atoms with Crippen LogP contribution in [0.25, 0.3) is 0 Å². The Balaban J connectivity index is 4.40. The fourth-order valence-corrected chi connectivity index (χ4v) is 1.49. The van der Waals surface area contributed by atoms with Crippen LogP contribution >= 0.6 is 0 Å². The highest BCUT2D eigenvalue weighted by Crippen LogP contribution is 2.13. The third-order valence-electron chi connectivity index (χ3n) is 1.52. The van der Waals surface area contributed by atoms with Gasteiger partial charge >= 0.3 is 0 Å². The fraction of sp³-hybridized carbons (Fsp3) is 1.00. The molecule has 0 spiro atoms. The average molecular weight is 208 g/mol. The van der Waals surface area contributed by atoms with Crippen LogP contribution in [0.1, 0.15) is 34.6 Å². The van der Waals surface area contributed by atoms with Crippen molar-refractivity contribution in [2.75, 3.05) is 6.54 Å². The summed E-state index contributed by atoms with van der Waals surface area (Å²) in [7, 11) is -3.26. The summed E-state index contributed by atoms with van der Waals surface area (Å²) in [5.74, 6) is 0. The van der Waals surface area contributed by atoms with E-state index in [4.69, 9.17) is 5.73 Å². The van der Waals surface area contributed by atoms with Gasteiger partial charge in [-0.2, -0.15) is 0 Å². The third kappa shape index (κ3) is 4.59. The molecule has 0 aliphatic carbocycles. The molecule has 4 nitrogen and oxygen atoms in total. The maximum absolute atomic E-state index is 11.5. The van der Waals surface area contributed by atoms with Gasteiger partial charge in [0.05, 0.1) is 4.75 Å². The lowest BCUT2D eigenvalue weighted by Crippen LogP contribution is -2.49. The van der Waals surface area contributed by atoms with Gasteiger partial charge in [0.25, 0.3) is 0 Å². The van der Waals surface area contributed by atoms with Gasteiger partial charge in [-0.3, -0.25) is 0 Å². The van der Waals surface area contributed by atoms with E-state index in [1.807, 2.05) is 0 Å². The first-order valence-corrected chi connectivity index (χ1v) is 5.72. The van der Waals surface area contributed by atoms with Crippen LogP contribution in [0.3, 0.4) is 0 Å². The minimum atomic E-state index is -3.26. The molecule has 0 atom stereocenters. The van der Waals surface area contributed by atoms with E-state index >= 15 is 0 Å². The lowest BCUT2D eigenvalue weighted by Gasteiger charge is -2.24. The Bertz CT molecular complexity index is 257. The molecule has 0 unspecified atom stereocenters. The Morgan fingerprint density at radius 1 is 1.15 bits per heavy atom. The number of hydrogen-bond acceptors (Lipinski definition) is 3. The number of nitrogens with one attached hydrogen (secondary N) is 1. The molecule has 0 amide bonds. The van der Waals surface area contributed by atoms with E-state index in [1.54, 1.807) is 34.6 Å². The average Bonchev–Trinajstić information content (AvgIpc) is 1.79. The van der Waals surface area contributed by atoms with Gasteiger partial charge in [0.1, 0.15) is 0 Å². The summed E-state index contributed by atoms with van der Waals surface area (Å²) >= 11 is 0. The molecule has 80 valence electrons. The van der Waals surface area contributed by atoms with Crippen molar-refractivity contribution in [3.63, 3.8) is 0 Å². The smallest absolute Gasteiger partial charge is 0.216 e. The van der Waals surface area contributed by atoms with E-state index in [0.717, 1.165) is 0 Å². The van der Waals surface area contributed by atoms with Gasteiger partial charge in [0.15, 0.2) is 0 Å². The van der Waals surface area contributed by atoms with Gasteiger partial charge in [0, 0.05) is 12.1 Å². The van der Waals surface area contributed by atoms with Crippen molar-refractivity contribution in [2.24, 2.45) is 5.73 Å². The molecule has 0 rings (SSSR count). The zero-order chi connectivity index (χ0) is 10.9. The first-order chi connectivity index (χ1) is 5.46. The van der Waals surface area contributed by atoms with E-state index in [2.05, 4.69) is 4.72 Å². The van der Waals surface area contributed by atoms with Crippen LogP contribution in [0, 0.1) is 0 Å². The van der Waals surface area contributed by atoms with Crippen molar-refractivity contribution in [3.05, 3.63) is 0 Å².